The van der Waals surface area contributed by atoms with Crippen molar-refractivity contribution in [3.05, 3.63) is 41.1 Å². The number of nitrogens with zero attached hydrogens (tertiary/aromatic N) is 3. The number of rotatable bonds is 9. The van der Waals surface area contributed by atoms with E-state index in [1.165, 1.54) is 12.8 Å². The third kappa shape index (κ3) is 4.10. The van der Waals surface area contributed by atoms with Gasteiger partial charge in [0.15, 0.2) is 11.4 Å². The number of carbonyl (C=O) groups is 1. The number of Topliss-reactive ketones (excluding diaryl/α,β-unsaturated/α-hetero) is 1. The molecule has 0 spiro atoms. The summed E-state index contributed by atoms with van der Waals surface area (Å²) in [6.07, 6.45) is 3.32. The number of hydrogen-bond donors (Lipinski definition) is 0. The first kappa shape index (κ1) is 20.2. The molecule has 7 nitrogen and oxygen atoms in total. The molecule has 0 amide bonds. The smallest absolute Gasteiger partial charge is 0.215 e. The van der Waals surface area contributed by atoms with E-state index in [-0.39, 0.29) is 12.4 Å². The van der Waals surface area contributed by atoms with Crippen LogP contribution in [0, 0.1) is 6.92 Å². The van der Waals surface area contributed by atoms with Crippen molar-refractivity contribution in [3.8, 4) is 17.4 Å². The maximum atomic E-state index is 12.4. The number of ether oxygens (including phenoxy) is 3. The molecule has 1 aliphatic carbocycles. The van der Waals surface area contributed by atoms with Crippen LogP contribution in [0.4, 0.5) is 0 Å². The molecule has 0 atom stereocenters. The van der Waals surface area contributed by atoms with Gasteiger partial charge in [-0.1, -0.05) is 6.07 Å². The van der Waals surface area contributed by atoms with E-state index in [1.54, 1.807) is 18.9 Å². The van der Waals surface area contributed by atoms with E-state index in [1.807, 2.05) is 38.2 Å². The highest BCUT2D eigenvalue weighted by atomic mass is 16.5. The van der Waals surface area contributed by atoms with Gasteiger partial charge in [-0.2, -0.15) is 10.1 Å². The molecular formula is C23H27N3O4. The molecule has 2 aromatic heterocycles. The summed E-state index contributed by atoms with van der Waals surface area (Å²) in [5.41, 5.74) is 3.99. The fourth-order valence-corrected chi connectivity index (χ4v) is 3.71. The fourth-order valence-electron chi connectivity index (χ4n) is 3.71. The van der Waals surface area contributed by atoms with Gasteiger partial charge >= 0.3 is 0 Å². The standard InChI is InChI=1S/C23H27N3O4/c1-14-11-20(24-23-21(14)22(16-5-6-16)25-26(23)2)30-13-17(27)9-7-15-8-10-18(28-3)12-19(15)29-4/h8,10-12,16H,5-7,9,13H2,1-4H3. The zero-order valence-corrected chi connectivity index (χ0v) is 17.9. The SMILES string of the molecule is COc1ccc(CCC(=O)COc2cc(C)c3c(C4CC4)nn(C)c3n2)c(OC)c1. The van der Waals surface area contributed by atoms with E-state index in [0.29, 0.717) is 30.4 Å². The summed E-state index contributed by atoms with van der Waals surface area (Å²) in [5, 5.41) is 5.77. The molecule has 0 N–H and O–H groups in total. The highest BCUT2D eigenvalue weighted by Gasteiger charge is 2.30. The number of pyridine rings is 1. The van der Waals surface area contributed by atoms with Crippen LogP contribution < -0.4 is 14.2 Å². The number of ketones is 1. The van der Waals surface area contributed by atoms with Gasteiger partial charge in [0.1, 0.15) is 18.1 Å². The first-order chi connectivity index (χ1) is 14.5. The molecule has 30 heavy (non-hydrogen) atoms. The second kappa shape index (κ2) is 8.34. The van der Waals surface area contributed by atoms with Gasteiger partial charge in [0.2, 0.25) is 5.88 Å². The first-order valence-electron chi connectivity index (χ1n) is 10.2. The van der Waals surface area contributed by atoms with E-state index in [0.717, 1.165) is 33.6 Å². The van der Waals surface area contributed by atoms with E-state index < -0.39 is 0 Å². The van der Waals surface area contributed by atoms with Crippen molar-refractivity contribution in [2.75, 3.05) is 20.8 Å². The van der Waals surface area contributed by atoms with Gasteiger partial charge in [0.25, 0.3) is 0 Å². The Bertz CT molecular complexity index is 1090. The Morgan fingerprint density at radius 1 is 1.20 bits per heavy atom. The average molecular weight is 409 g/mol. The Morgan fingerprint density at radius 2 is 2.00 bits per heavy atom. The topological polar surface area (TPSA) is 75.5 Å². The highest BCUT2D eigenvalue weighted by molar-refractivity contribution is 5.84. The van der Waals surface area contributed by atoms with Crippen molar-refractivity contribution in [1.82, 2.24) is 14.8 Å². The van der Waals surface area contributed by atoms with Gasteiger partial charge in [-0.15, -0.1) is 0 Å². The summed E-state index contributed by atoms with van der Waals surface area (Å²) in [4.78, 5) is 17.0. The normalized spacial score (nSPS) is 13.5. The monoisotopic (exact) mass is 409 g/mol. The molecule has 2 heterocycles. The lowest BCUT2D eigenvalue weighted by molar-refractivity contribution is -0.121. The molecule has 0 radical (unpaired) electrons. The van der Waals surface area contributed by atoms with E-state index in [4.69, 9.17) is 14.2 Å². The maximum absolute atomic E-state index is 12.4. The summed E-state index contributed by atoms with van der Waals surface area (Å²) < 4.78 is 18.1. The van der Waals surface area contributed by atoms with Crippen LogP contribution in [0.1, 0.15) is 42.0 Å². The summed E-state index contributed by atoms with van der Waals surface area (Å²) in [5.74, 6) is 2.46. The largest absolute Gasteiger partial charge is 0.497 e. The Morgan fingerprint density at radius 3 is 2.70 bits per heavy atom. The summed E-state index contributed by atoms with van der Waals surface area (Å²) >= 11 is 0. The van der Waals surface area contributed by atoms with Gasteiger partial charge < -0.3 is 14.2 Å². The Balaban J connectivity index is 1.39. The second-order valence-corrected chi connectivity index (χ2v) is 7.76. The van der Waals surface area contributed by atoms with Crippen LogP contribution in [0.2, 0.25) is 0 Å². The van der Waals surface area contributed by atoms with E-state index >= 15 is 0 Å². The number of methoxy groups -OCH3 is 2. The minimum absolute atomic E-state index is 0.0102. The molecule has 0 saturated heterocycles. The summed E-state index contributed by atoms with van der Waals surface area (Å²) in [6, 6.07) is 7.51. The Kier molecular flexibility index (Phi) is 5.61. The van der Waals surface area contributed by atoms with Crippen LogP contribution in [0.3, 0.4) is 0 Å². The first-order valence-corrected chi connectivity index (χ1v) is 10.2. The van der Waals surface area contributed by atoms with Gasteiger partial charge in [-0.25, -0.2) is 0 Å². The zero-order chi connectivity index (χ0) is 21.3. The predicted molar refractivity (Wildman–Crippen MR) is 114 cm³/mol. The van der Waals surface area contributed by atoms with Gasteiger partial charge in [0.05, 0.1) is 19.9 Å². The molecule has 1 aromatic carbocycles. The molecule has 1 fully saturated rings. The van der Waals surface area contributed by atoms with Crippen molar-refractivity contribution in [3.63, 3.8) is 0 Å². The molecule has 3 aromatic rings. The minimum atomic E-state index is -0.0102. The third-order valence-electron chi connectivity index (χ3n) is 5.51. The van der Waals surface area contributed by atoms with Gasteiger partial charge in [0, 0.05) is 36.9 Å². The van der Waals surface area contributed by atoms with Crippen molar-refractivity contribution >= 4 is 16.8 Å². The van der Waals surface area contributed by atoms with E-state index in [2.05, 4.69) is 10.1 Å². The number of aromatic nitrogens is 3. The predicted octanol–water partition coefficient (Wildman–Crippen LogP) is 3.75. The molecule has 0 unspecified atom stereocenters. The highest BCUT2D eigenvalue weighted by Crippen LogP contribution is 2.43. The number of fused-ring (bicyclic) bond motifs is 1. The molecular weight excluding hydrogens is 382 g/mol. The van der Waals surface area contributed by atoms with Crippen molar-refractivity contribution in [2.45, 2.75) is 38.5 Å². The number of carbonyl (C=O) groups excluding carboxylic acids is 1. The number of aryl methyl sites for hydroxylation is 3. The van der Waals surface area contributed by atoms with E-state index in [9.17, 15) is 4.79 Å². The van der Waals surface area contributed by atoms with Crippen LogP contribution in [0.15, 0.2) is 24.3 Å². The Labute approximate surface area is 176 Å². The van der Waals surface area contributed by atoms with Crippen molar-refractivity contribution in [2.24, 2.45) is 7.05 Å². The average Bonchev–Trinajstić information content (AvgIpc) is 3.54. The molecule has 4 rings (SSSR count). The third-order valence-corrected chi connectivity index (χ3v) is 5.51. The summed E-state index contributed by atoms with van der Waals surface area (Å²) in [7, 11) is 5.12. The minimum Gasteiger partial charge on any atom is -0.497 e. The second-order valence-electron chi connectivity index (χ2n) is 7.76. The summed E-state index contributed by atoms with van der Waals surface area (Å²) in [6.45, 7) is 2.03. The van der Waals surface area contributed by atoms with Gasteiger partial charge in [-0.05, 0) is 43.4 Å². The zero-order valence-electron chi connectivity index (χ0n) is 17.9. The maximum Gasteiger partial charge on any atom is 0.215 e. The van der Waals surface area contributed by atoms with Crippen molar-refractivity contribution < 1.29 is 19.0 Å². The molecule has 0 aliphatic heterocycles. The fraction of sp³-hybridized carbons (Fsp3) is 0.435. The lowest BCUT2D eigenvalue weighted by Gasteiger charge is -2.10. The lowest BCUT2D eigenvalue weighted by Crippen LogP contribution is -2.13. The van der Waals surface area contributed by atoms with Crippen LogP contribution >= 0.6 is 0 Å². The number of hydrogen-bond acceptors (Lipinski definition) is 6. The van der Waals surface area contributed by atoms with Crippen LogP contribution in [-0.4, -0.2) is 41.4 Å². The number of benzene rings is 1. The quantitative estimate of drug-likeness (QED) is 0.536. The van der Waals surface area contributed by atoms with Crippen molar-refractivity contribution in [1.29, 1.82) is 0 Å². The molecule has 158 valence electrons. The van der Waals surface area contributed by atoms with Crippen LogP contribution in [0.25, 0.3) is 11.0 Å². The molecule has 7 heteroatoms. The molecule has 1 aliphatic rings. The Hall–Kier alpha value is -3.09. The molecule has 1 saturated carbocycles. The van der Waals surface area contributed by atoms with Gasteiger partial charge in [-0.3, -0.25) is 9.48 Å². The van der Waals surface area contributed by atoms with Crippen LogP contribution in [-0.2, 0) is 18.3 Å². The lowest BCUT2D eigenvalue weighted by atomic mass is 10.1. The van der Waals surface area contributed by atoms with Crippen LogP contribution in [0.5, 0.6) is 17.4 Å². The molecule has 0 bridgehead atoms.